The quantitative estimate of drug-likeness (QED) is 0.755. The number of carbonyl (C=O) groups is 1. The van der Waals surface area contributed by atoms with Gasteiger partial charge in [-0.2, -0.15) is 5.10 Å². The molecule has 1 saturated heterocycles. The van der Waals surface area contributed by atoms with Crippen LogP contribution in [0.25, 0.3) is 0 Å². The minimum atomic E-state index is -0.303. The number of nitrogens with zero attached hydrogens (tertiary/aromatic N) is 3. The van der Waals surface area contributed by atoms with Gasteiger partial charge in [-0.05, 0) is 44.6 Å². The highest BCUT2D eigenvalue weighted by Gasteiger charge is 2.34. The van der Waals surface area contributed by atoms with E-state index in [4.69, 9.17) is 9.47 Å². The fourth-order valence-electron chi connectivity index (χ4n) is 3.44. The Labute approximate surface area is 148 Å². The maximum absolute atomic E-state index is 12.2. The molecule has 6 heteroatoms. The van der Waals surface area contributed by atoms with Crippen LogP contribution in [0.4, 0.5) is 0 Å². The SMILES string of the molecule is CCn1cc(C(=O)OC[C@H]2CCN(C)[C@H]2c2ccc(OC)cc2)cn1. The molecule has 2 atom stereocenters. The highest BCUT2D eigenvalue weighted by atomic mass is 16.5. The average molecular weight is 343 g/mol. The Bertz CT molecular complexity index is 711. The predicted octanol–water partition coefficient (Wildman–Crippen LogP) is 2.76. The van der Waals surface area contributed by atoms with Crippen molar-refractivity contribution in [2.24, 2.45) is 5.92 Å². The Morgan fingerprint density at radius 3 is 2.72 bits per heavy atom. The van der Waals surface area contributed by atoms with Crippen LogP contribution >= 0.6 is 0 Å². The number of hydrogen-bond donors (Lipinski definition) is 0. The summed E-state index contributed by atoms with van der Waals surface area (Å²) in [4.78, 5) is 14.5. The summed E-state index contributed by atoms with van der Waals surface area (Å²) >= 11 is 0. The molecule has 1 fully saturated rings. The van der Waals surface area contributed by atoms with E-state index in [1.54, 1.807) is 24.2 Å². The van der Waals surface area contributed by atoms with E-state index in [9.17, 15) is 4.79 Å². The molecule has 0 N–H and O–H groups in total. The summed E-state index contributed by atoms with van der Waals surface area (Å²) in [7, 11) is 3.78. The van der Waals surface area contributed by atoms with Crippen LogP contribution in [0.5, 0.6) is 5.75 Å². The van der Waals surface area contributed by atoms with Crippen molar-refractivity contribution < 1.29 is 14.3 Å². The molecule has 1 aliphatic heterocycles. The zero-order valence-electron chi connectivity index (χ0n) is 15.0. The summed E-state index contributed by atoms with van der Waals surface area (Å²) < 4.78 is 12.5. The van der Waals surface area contributed by atoms with Gasteiger partial charge in [-0.25, -0.2) is 4.79 Å². The minimum Gasteiger partial charge on any atom is -0.497 e. The number of benzene rings is 1. The number of aryl methyl sites for hydroxylation is 1. The molecule has 134 valence electrons. The first-order valence-corrected chi connectivity index (χ1v) is 8.66. The molecule has 0 radical (unpaired) electrons. The fraction of sp³-hybridized carbons (Fsp3) is 0.474. The molecule has 0 bridgehead atoms. The topological polar surface area (TPSA) is 56.6 Å². The predicted molar refractivity (Wildman–Crippen MR) is 94.7 cm³/mol. The Morgan fingerprint density at radius 1 is 1.32 bits per heavy atom. The summed E-state index contributed by atoms with van der Waals surface area (Å²) in [6.45, 7) is 4.13. The molecule has 3 rings (SSSR count). The van der Waals surface area contributed by atoms with Gasteiger partial charge in [0.25, 0.3) is 0 Å². The number of aromatic nitrogens is 2. The third-order valence-electron chi connectivity index (χ3n) is 4.85. The maximum Gasteiger partial charge on any atom is 0.341 e. The average Bonchev–Trinajstić information content (AvgIpc) is 3.26. The summed E-state index contributed by atoms with van der Waals surface area (Å²) in [5, 5.41) is 4.12. The minimum absolute atomic E-state index is 0.247. The molecular formula is C19H25N3O3. The molecule has 1 aromatic heterocycles. The Hall–Kier alpha value is -2.34. The van der Waals surface area contributed by atoms with E-state index < -0.39 is 0 Å². The van der Waals surface area contributed by atoms with Crippen molar-refractivity contribution in [2.75, 3.05) is 27.3 Å². The molecule has 1 aliphatic rings. The van der Waals surface area contributed by atoms with E-state index in [1.165, 1.54) is 5.56 Å². The smallest absolute Gasteiger partial charge is 0.341 e. The highest BCUT2D eigenvalue weighted by Crippen LogP contribution is 2.36. The second-order valence-electron chi connectivity index (χ2n) is 6.43. The van der Waals surface area contributed by atoms with Crippen LogP contribution in [-0.4, -0.2) is 48.0 Å². The molecule has 0 amide bonds. The molecule has 0 unspecified atom stereocenters. The van der Waals surface area contributed by atoms with Crippen LogP contribution in [0, 0.1) is 5.92 Å². The largest absolute Gasteiger partial charge is 0.497 e. The first-order chi connectivity index (χ1) is 12.1. The lowest BCUT2D eigenvalue weighted by molar-refractivity contribution is 0.0412. The van der Waals surface area contributed by atoms with Gasteiger partial charge in [-0.1, -0.05) is 12.1 Å². The van der Waals surface area contributed by atoms with Gasteiger partial charge in [0.2, 0.25) is 0 Å². The monoisotopic (exact) mass is 343 g/mol. The zero-order valence-corrected chi connectivity index (χ0v) is 15.0. The standard InChI is InChI=1S/C19H25N3O3/c1-4-22-12-16(11-20-22)19(23)25-13-15-9-10-21(2)18(15)14-5-7-17(24-3)8-6-14/h5-8,11-12,15,18H,4,9-10,13H2,1-3H3/t15-,18+/m1/s1. The lowest BCUT2D eigenvalue weighted by Crippen LogP contribution is -2.24. The van der Waals surface area contributed by atoms with Crippen LogP contribution in [0.15, 0.2) is 36.7 Å². The van der Waals surface area contributed by atoms with Crippen LogP contribution in [0.1, 0.15) is 35.3 Å². The molecule has 0 saturated carbocycles. The van der Waals surface area contributed by atoms with Crippen LogP contribution < -0.4 is 4.74 Å². The zero-order chi connectivity index (χ0) is 17.8. The Kier molecular flexibility index (Phi) is 5.38. The van der Waals surface area contributed by atoms with Crippen LogP contribution in [0.3, 0.4) is 0 Å². The molecule has 6 nitrogen and oxygen atoms in total. The first-order valence-electron chi connectivity index (χ1n) is 8.66. The molecule has 2 aromatic rings. The second-order valence-corrected chi connectivity index (χ2v) is 6.43. The van der Waals surface area contributed by atoms with Crippen molar-refractivity contribution in [3.05, 3.63) is 47.8 Å². The van der Waals surface area contributed by atoms with Gasteiger partial charge in [-0.15, -0.1) is 0 Å². The van der Waals surface area contributed by atoms with Gasteiger partial charge < -0.3 is 9.47 Å². The lowest BCUT2D eigenvalue weighted by atomic mass is 9.94. The number of esters is 1. The summed E-state index contributed by atoms with van der Waals surface area (Å²) in [5.74, 6) is 0.826. The van der Waals surface area contributed by atoms with Gasteiger partial charge in [0.05, 0.1) is 25.5 Å². The highest BCUT2D eigenvalue weighted by molar-refractivity contribution is 5.88. The normalized spacial score (nSPS) is 20.6. The van der Waals surface area contributed by atoms with Crippen LogP contribution in [-0.2, 0) is 11.3 Å². The summed E-state index contributed by atoms with van der Waals surface area (Å²) in [6, 6.07) is 8.38. The van der Waals surface area contributed by atoms with Crippen molar-refractivity contribution >= 4 is 5.97 Å². The Balaban J connectivity index is 1.65. The maximum atomic E-state index is 12.2. The molecule has 25 heavy (non-hydrogen) atoms. The number of ether oxygens (including phenoxy) is 2. The van der Waals surface area contributed by atoms with Gasteiger partial charge in [-0.3, -0.25) is 9.58 Å². The van der Waals surface area contributed by atoms with E-state index in [0.717, 1.165) is 25.3 Å². The number of rotatable bonds is 6. The number of methoxy groups -OCH3 is 1. The summed E-state index contributed by atoms with van der Waals surface area (Å²) in [5.41, 5.74) is 1.73. The van der Waals surface area contributed by atoms with E-state index >= 15 is 0 Å². The fourth-order valence-corrected chi connectivity index (χ4v) is 3.44. The Morgan fingerprint density at radius 2 is 2.08 bits per heavy atom. The second kappa shape index (κ2) is 7.70. The van der Waals surface area contributed by atoms with E-state index in [1.807, 2.05) is 19.1 Å². The number of carbonyl (C=O) groups excluding carboxylic acids is 1. The molecule has 0 spiro atoms. The van der Waals surface area contributed by atoms with Crippen molar-refractivity contribution in [1.29, 1.82) is 0 Å². The summed E-state index contributed by atoms with van der Waals surface area (Å²) in [6.07, 6.45) is 4.30. The van der Waals surface area contributed by atoms with Gasteiger partial charge in [0.15, 0.2) is 0 Å². The van der Waals surface area contributed by atoms with Crippen molar-refractivity contribution in [1.82, 2.24) is 14.7 Å². The van der Waals surface area contributed by atoms with Crippen molar-refractivity contribution in [3.8, 4) is 5.75 Å². The van der Waals surface area contributed by atoms with E-state index in [0.29, 0.717) is 12.2 Å². The van der Waals surface area contributed by atoms with Crippen molar-refractivity contribution in [3.63, 3.8) is 0 Å². The number of hydrogen-bond acceptors (Lipinski definition) is 5. The van der Waals surface area contributed by atoms with E-state index in [-0.39, 0.29) is 17.9 Å². The van der Waals surface area contributed by atoms with E-state index in [2.05, 4.69) is 29.2 Å². The third kappa shape index (κ3) is 3.85. The van der Waals surface area contributed by atoms with Gasteiger partial charge in [0, 0.05) is 24.7 Å². The molecule has 0 aliphatic carbocycles. The van der Waals surface area contributed by atoms with Gasteiger partial charge in [0.1, 0.15) is 5.75 Å². The molecule has 1 aromatic carbocycles. The van der Waals surface area contributed by atoms with Crippen molar-refractivity contribution in [2.45, 2.75) is 25.9 Å². The number of likely N-dealkylation sites (tertiary alicyclic amines) is 1. The third-order valence-corrected chi connectivity index (χ3v) is 4.85. The van der Waals surface area contributed by atoms with Crippen LogP contribution in [0.2, 0.25) is 0 Å². The lowest BCUT2D eigenvalue weighted by Gasteiger charge is -2.25. The molecular weight excluding hydrogens is 318 g/mol. The van der Waals surface area contributed by atoms with Gasteiger partial charge >= 0.3 is 5.97 Å². The molecule has 2 heterocycles. The first kappa shape index (κ1) is 17.5.